The minimum absolute atomic E-state index is 0.0213. The Kier molecular flexibility index (Phi) is 3.43. The number of pyridine rings is 1. The smallest absolute Gasteiger partial charge is 0.160 e. The predicted molar refractivity (Wildman–Crippen MR) is 74.6 cm³/mol. The molecule has 20 heavy (non-hydrogen) atoms. The Labute approximate surface area is 116 Å². The molecule has 0 radical (unpaired) electrons. The van der Waals surface area contributed by atoms with Crippen molar-refractivity contribution < 1.29 is 4.39 Å². The first-order chi connectivity index (χ1) is 9.75. The molecule has 0 aliphatic carbocycles. The number of nitrogens with zero attached hydrogens (tertiary/aromatic N) is 3. The summed E-state index contributed by atoms with van der Waals surface area (Å²) in [5, 5.41) is 11.6. The summed E-state index contributed by atoms with van der Waals surface area (Å²) in [6, 6.07) is 12.5. The van der Waals surface area contributed by atoms with E-state index in [2.05, 4.69) is 15.5 Å². The standard InChI is InChI=1S/C15H15FN4/c1-11(17-10-12-6-2-3-7-13(12)16)15-19-18-14-8-4-5-9-20(14)15/h2-9,11,17H,10H2,1H3. The molecule has 0 saturated heterocycles. The zero-order valence-electron chi connectivity index (χ0n) is 11.1. The van der Waals surface area contributed by atoms with E-state index >= 15 is 0 Å². The largest absolute Gasteiger partial charge is 0.303 e. The van der Waals surface area contributed by atoms with E-state index in [-0.39, 0.29) is 11.9 Å². The van der Waals surface area contributed by atoms with Gasteiger partial charge in [0.2, 0.25) is 0 Å². The fourth-order valence-corrected chi connectivity index (χ4v) is 2.15. The van der Waals surface area contributed by atoms with E-state index in [1.807, 2.05) is 41.8 Å². The molecular formula is C15H15FN4. The van der Waals surface area contributed by atoms with Crippen LogP contribution in [0.15, 0.2) is 48.7 Å². The Morgan fingerprint density at radius 2 is 1.95 bits per heavy atom. The fourth-order valence-electron chi connectivity index (χ4n) is 2.15. The maximum atomic E-state index is 13.6. The molecule has 1 unspecified atom stereocenters. The molecule has 3 rings (SSSR count). The van der Waals surface area contributed by atoms with Crippen molar-refractivity contribution in [3.05, 3.63) is 65.9 Å². The first-order valence-electron chi connectivity index (χ1n) is 6.52. The van der Waals surface area contributed by atoms with Gasteiger partial charge in [-0.25, -0.2) is 4.39 Å². The van der Waals surface area contributed by atoms with Gasteiger partial charge in [0, 0.05) is 18.3 Å². The summed E-state index contributed by atoms with van der Waals surface area (Å²) in [6.45, 7) is 2.44. The lowest BCUT2D eigenvalue weighted by Crippen LogP contribution is -2.20. The molecule has 0 aliphatic heterocycles. The van der Waals surface area contributed by atoms with Crippen molar-refractivity contribution in [2.45, 2.75) is 19.5 Å². The maximum Gasteiger partial charge on any atom is 0.160 e. The average molecular weight is 270 g/mol. The number of fused-ring (bicyclic) bond motifs is 1. The van der Waals surface area contributed by atoms with Crippen molar-refractivity contribution in [2.75, 3.05) is 0 Å². The lowest BCUT2D eigenvalue weighted by atomic mass is 10.2. The van der Waals surface area contributed by atoms with Crippen molar-refractivity contribution in [2.24, 2.45) is 0 Å². The quantitative estimate of drug-likeness (QED) is 0.792. The molecule has 0 saturated carbocycles. The van der Waals surface area contributed by atoms with E-state index < -0.39 is 0 Å². The van der Waals surface area contributed by atoms with E-state index in [4.69, 9.17) is 0 Å². The van der Waals surface area contributed by atoms with Crippen molar-refractivity contribution >= 4 is 5.65 Å². The lowest BCUT2D eigenvalue weighted by Gasteiger charge is -2.12. The second kappa shape index (κ2) is 5.38. The molecular weight excluding hydrogens is 255 g/mol. The van der Waals surface area contributed by atoms with Gasteiger partial charge in [0.1, 0.15) is 5.82 Å². The van der Waals surface area contributed by atoms with Gasteiger partial charge in [-0.2, -0.15) is 0 Å². The molecule has 5 heteroatoms. The topological polar surface area (TPSA) is 42.2 Å². The van der Waals surface area contributed by atoms with Crippen LogP contribution in [-0.2, 0) is 6.54 Å². The molecule has 0 amide bonds. The van der Waals surface area contributed by atoms with Gasteiger partial charge in [-0.15, -0.1) is 10.2 Å². The summed E-state index contributed by atoms with van der Waals surface area (Å²) in [5.74, 6) is 0.621. The fraction of sp³-hybridized carbons (Fsp3) is 0.200. The van der Waals surface area contributed by atoms with Gasteiger partial charge in [0.15, 0.2) is 11.5 Å². The second-order valence-electron chi connectivity index (χ2n) is 4.68. The zero-order chi connectivity index (χ0) is 13.9. The van der Waals surface area contributed by atoms with Crippen molar-refractivity contribution in [1.82, 2.24) is 19.9 Å². The molecule has 102 valence electrons. The Hall–Kier alpha value is -2.27. The molecule has 3 aromatic rings. The Morgan fingerprint density at radius 3 is 2.80 bits per heavy atom. The van der Waals surface area contributed by atoms with Gasteiger partial charge >= 0.3 is 0 Å². The van der Waals surface area contributed by atoms with Crippen LogP contribution >= 0.6 is 0 Å². The monoisotopic (exact) mass is 270 g/mol. The number of hydrogen-bond acceptors (Lipinski definition) is 3. The van der Waals surface area contributed by atoms with Crippen LogP contribution in [0.2, 0.25) is 0 Å². The molecule has 1 N–H and O–H groups in total. The molecule has 4 nitrogen and oxygen atoms in total. The SMILES string of the molecule is CC(NCc1ccccc1F)c1nnc2ccccn12. The number of benzene rings is 1. The minimum Gasteiger partial charge on any atom is -0.303 e. The minimum atomic E-state index is -0.196. The van der Waals surface area contributed by atoms with Gasteiger partial charge < -0.3 is 5.32 Å². The third kappa shape index (κ3) is 2.40. The number of aromatic nitrogens is 3. The number of rotatable bonds is 4. The van der Waals surface area contributed by atoms with Crippen LogP contribution in [0.5, 0.6) is 0 Å². The summed E-state index contributed by atoms with van der Waals surface area (Å²) in [5.41, 5.74) is 1.45. The van der Waals surface area contributed by atoms with Crippen molar-refractivity contribution in [3.63, 3.8) is 0 Å². The third-order valence-corrected chi connectivity index (χ3v) is 3.28. The molecule has 0 spiro atoms. The molecule has 0 bridgehead atoms. The molecule has 0 fully saturated rings. The highest BCUT2D eigenvalue weighted by Gasteiger charge is 2.13. The molecule has 0 aliphatic rings. The van der Waals surface area contributed by atoms with Gasteiger partial charge in [0.05, 0.1) is 6.04 Å². The molecule has 2 heterocycles. The van der Waals surface area contributed by atoms with Crippen molar-refractivity contribution in [1.29, 1.82) is 0 Å². The average Bonchev–Trinajstić information content (AvgIpc) is 2.90. The normalized spacial score (nSPS) is 12.7. The predicted octanol–water partition coefficient (Wildman–Crippen LogP) is 2.72. The van der Waals surface area contributed by atoms with E-state index in [0.29, 0.717) is 12.1 Å². The van der Waals surface area contributed by atoms with E-state index in [1.54, 1.807) is 12.1 Å². The first-order valence-corrected chi connectivity index (χ1v) is 6.52. The highest BCUT2D eigenvalue weighted by atomic mass is 19.1. The van der Waals surface area contributed by atoms with Gasteiger partial charge in [-0.05, 0) is 25.1 Å². The first kappa shape index (κ1) is 12.7. The summed E-state index contributed by atoms with van der Waals surface area (Å²) >= 11 is 0. The zero-order valence-corrected chi connectivity index (χ0v) is 11.1. The summed E-state index contributed by atoms with van der Waals surface area (Å²) < 4.78 is 15.5. The summed E-state index contributed by atoms with van der Waals surface area (Å²) in [6.07, 6.45) is 1.92. The molecule has 1 atom stereocenters. The Morgan fingerprint density at radius 1 is 1.15 bits per heavy atom. The number of halogens is 1. The second-order valence-corrected chi connectivity index (χ2v) is 4.68. The van der Waals surface area contributed by atoms with Crippen LogP contribution in [-0.4, -0.2) is 14.6 Å². The van der Waals surface area contributed by atoms with Crippen LogP contribution in [0, 0.1) is 5.82 Å². The van der Waals surface area contributed by atoms with Crippen LogP contribution in [0.4, 0.5) is 4.39 Å². The van der Waals surface area contributed by atoms with E-state index in [0.717, 1.165) is 11.5 Å². The van der Waals surface area contributed by atoms with Crippen LogP contribution < -0.4 is 5.32 Å². The summed E-state index contributed by atoms with van der Waals surface area (Å²) in [4.78, 5) is 0. The van der Waals surface area contributed by atoms with Gasteiger partial charge in [-0.1, -0.05) is 24.3 Å². The van der Waals surface area contributed by atoms with Gasteiger partial charge in [0.25, 0.3) is 0 Å². The number of hydrogen-bond donors (Lipinski definition) is 1. The Balaban J connectivity index is 1.77. The maximum absolute atomic E-state index is 13.6. The molecule has 1 aromatic carbocycles. The van der Waals surface area contributed by atoms with Crippen LogP contribution in [0.25, 0.3) is 5.65 Å². The van der Waals surface area contributed by atoms with Crippen LogP contribution in [0.1, 0.15) is 24.4 Å². The van der Waals surface area contributed by atoms with Crippen LogP contribution in [0.3, 0.4) is 0 Å². The van der Waals surface area contributed by atoms with Gasteiger partial charge in [-0.3, -0.25) is 4.40 Å². The molecule has 2 aromatic heterocycles. The highest BCUT2D eigenvalue weighted by Crippen LogP contribution is 2.13. The Bertz CT molecular complexity index is 722. The highest BCUT2D eigenvalue weighted by molar-refractivity contribution is 5.37. The van der Waals surface area contributed by atoms with E-state index in [9.17, 15) is 4.39 Å². The lowest BCUT2D eigenvalue weighted by molar-refractivity contribution is 0.522. The van der Waals surface area contributed by atoms with Crippen molar-refractivity contribution in [3.8, 4) is 0 Å². The van der Waals surface area contributed by atoms with E-state index in [1.165, 1.54) is 6.07 Å². The summed E-state index contributed by atoms with van der Waals surface area (Å²) in [7, 11) is 0. The third-order valence-electron chi connectivity index (χ3n) is 3.28. The number of nitrogens with one attached hydrogen (secondary N) is 1.